The molecule has 1 fully saturated rings. The molecule has 1 amide bonds. The molecule has 1 aliphatic carbocycles. The normalized spacial score (nSPS) is 14.6. The molecule has 152 valence electrons. The summed E-state index contributed by atoms with van der Waals surface area (Å²) >= 11 is 9.09. The van der Waals surface area contributed by atoms with Crippen LogP contribution in [-0.4, -0.2) is 33.2 Å². The predicted molar refractivity (Wildman–Crippen MR) is 120 cm³/mol. The standard InChI is InChI=1S/C21H22ClN3O2S2/c1-24(12-16-7-4-10-28-16)19(26)13-29-21-23-18-11-14(22)8-9-17(18)20(27)25(21)15-5-2-3-6-15/h4,7-11,15H,2-3,5-6,12-13H2,1H3. The third-order valence-electron chi connectivity index (χ3n) is 5.24. The molecule has 4 rings (SSSR count). The zero-order valence-corrected chi connectivity index (χ0v) is 18.5. The van der Waals surface area contributed by atoms with Crippen molar-refractivity contribution in [3.05, 3.63) is 56.0 Å². The Morgan fingerprint density at radius 1 is 1.34 bits per heavy atom. The Hall–Kier alpha value is -1.83. The minimum Gasteiger partial charge on any atom is -0.340 e. The van der Waals surface area contributed by atoms with E-state index in [0.29, 0.717) is 27.6 Å². The quantitative estimate of drug-likeness (QED) is 0.395. The molecule has 5 nitrogen and oxygen atoms in total. The highest BCUT2D eigenvalue weighted by atomic mass is 35.5. The van der Waals surface area contributed by atoms with E-state index >= 15 is 0 Å². The van der Waals surface area contributed by atoms with Gasteiger partial charge in [-0.1, -0.05) is 42.3 Å². The summed E-state index contributed by atoms with van der Waals surface area (Å²) in [7, 11) is 1.81. The smallest absolute Gasteiger partial charge is 0.262 e. The molecule has 2 aromatic heterocycles. The molecule has 8 heteroatoms. The van der Waals surface area contributed by atoms with Gasteiger partial charge < -0.3 is 4.90 Å². The largest absolute Gasteiger partial charge is 0.340 e. The van der Waals surface area contributed by atoms with Crippen LogP contribution in [0.2, 0.25) is 5.02 Å². The van der Waals surface area contributed by atoms with Gasteiger partial charge in [0.2, 0.25) is 5.91 Å². The Kier molecular flexibility index (Phi) is 6.27. The van der Waals surface area contributed by atoms with Gasteiger partial charge in [-0.2, -0.15) is 0 Å². The van der Waals surface area contributed by atoms with Crippen molar-refractivity contribution in [2.75, 3.05) is 12.8 Å². The van der Waals surface area contributed by atoms with Crippen molar-refractivity contribution in [3.63, 3.8) is 0 Å². The van der Waals surface area contributed by atoms with Crippen molar-refractivity contribution in [3.8, 4) is 0 Å². The van der Waals surface area contributed by atoms with Crippen LogP contribution in [0.15, 0.2) is 45.7 Å². The Bertz CT molecular complexity index is 1080. The first-order chi connectivity index (χ1) is 14.0. The summed E-state index contributed by atoms with van der Waals surface area (Å²) in [6.07, 6.45) is 4.17. The fraction of sp³-hybridized carbons (Fsp3) is 0.381. The summed E-state index contributed by atoms with van der Waals surface area (Å²) in [4.78, 5) is 33.4. The lowest BCUT2D eigenvalue weighted by atomic mass is 10.2. The van der Waals surface area contributed by atoms with Crippen molar-refractivity contribution >= 4 is 51.5 Å². The van der Waals surface area contributed by atoms with E-state index in [4.69, 9.17) is 16.6 Å². The molecule has 2 heterocycles. The Balaban J connectivity index is 1.60. The summed E-state index contributed by atoms with van der Waals surface area (Å²) in [5.41, 5.74) is 0.541. The van der Waals surface area contributed by atoms with Gasteiger partial charge in [-0.15, -0.1) is 11.3 Å². The van der Waals surface area contributed by atoms with Gasteiger partial charge in [-0.25, -0.2) is 4.98 Å². The van der Waals surface area contributed by atoms with Gasteiger partial charge in [0.15, 0.2) is 5.16 Å². The molecule has 0 spiro atoms. The molecule has 3 aromatic rings. The number of amides is 1. The Morgan fingerprint density at radius 2 is 2.14 bits per heavy atom. The Morgan fingerprint density at radius 3 is 2.86 bits per heavy atom. The first-order valence-electron chi connectivity index (χ1n) is 9.64. The Labute approximate surface area is 182 Å². The highest BCUT2D eigenvalue weighted by Gasteiger charge is 2.24. The van der Waals surface area contributed by atoms with Gasteiger partial charge in [0.1, 0.15) is 0 Å². The molecule has 0 bridgehead atoms. The zero-order valence-electron chi connectivity index (χ0n) is 16.1. The lowest BCUT2D eigenvalue weighted by molar-refractivity contribution is -0.127. The average Bonchev–Trinajstić information content (AvgIpc) is 3.40. The second kappa shape index (κ2) is 8.90. The van der Waals surface area contributed by atoms with E-state index in [9.17, 15) is 9.59 Å². The molecule has 1 aromatic carbocycles. The van der Waals surface area contributed by atoms with Crippen LogP contribution in [0.4, 0.5) is 0 Å². The monoisotopic (exact) mass is 447 g/mol. The number of nitrogens with zero attached hydrogens (tertiary/aromatic N) is 3. The maximum atomic E-state index is 13.2. The highest BCUT2D eigenvalue weighted by Crippen LogP contribution is 2.32. The van der Waals surface area contributed by atoms with Crippen LogP contribution in [0, 0.1) is 0 Å². The summed E-state index contributed by atoms with van der Waals surface area (Å²) in [5, 5.41) is 3.74. The number of rotatable bonds is 6. The maximum Gasteiger partial charge on any atom is 0.262 e. The number of thiophene rings is 1. The molecule has 1 saturated carbocycles. The minimum atomic E-state index is -0.0412. The average molecular weight is 448 g/mol. The summed E-state index contributed by atoms with van der Waals surface area (Å²) < 4.78 is 1.81. The fourth-order valence-electron chi connectivity index (χ4n) is 3.70. The fourth-order valence-corrected chi connectivity index (χ4v) is 5.63. The first-order valence-corrected chi connectivity index (χ1v) is 11.9. The lowest BCUT2D eigenvalue weighted by Gasteiger charge is -2.20. The molecule has 0 saturated heterocycles. The van der Waals surface area contributed by atoms with E-state index in [-0.39, 0.29) is 23.3 Å². The van der Waals surface area contributed by atoms with Crippen molar-refractivity contribution in [1.29, 1.82) is 0 Å². The van der Waals surface area contributed by atoms with Crippen molar-refractivity contribution < 1.29 is 4.79 Å². The number of hydrogen-bond donors (Lipinski definition) is 0. The predicted octanol–water partition coefficient (Wildman–Crippen LogP) is 4.98. The van der Waals surface area contributed by atoms with Crippen LogP contribution in [0.5, 0.6) is 0 Å². The molecule has 0 N–H and O–H groups in total. The topological polar surface area (TPSA) is 55.2 Å². The maximum absolute atomic E-state index is 13.2. The third kappa shape index (κ3) is 4.52. The van der Waals surface area contributed by atoms with Gasteiger partial charge >= 0.3 is 0 Å². The van der Waals surface area contributed by atoms with Gasteiger partial charge in [0.25, 0.3) is 5.56 Å². The van der Waals surface area contributed by atoms with Crippen LogP contribution >= 0.6 is 34.7 Å². The van der Waals surface area contributed by atoms with Gasteiger partial charge in [0.05, 0.1) is 23.2 Å². The SMILES string of the molecule is CN(Cc1cccs1)C(=O)CSc1nc2cc(Cl)ccc2c(=O)n1C1CCCC1. The summed E-state index contributed by atoms with van der Waals surface area (Å²) in [6, 6.07) is 9.34. The van der Waals surface area contributed by atoms with E-state index in [2.05, 4.69) is 0 Å². The number of carbonyl (C=O) groups is 1. The van der Waals surface area contributed by atoms with E-state index < -0.39 is 0 Å². The number of fused-ring (bicyclic) bond motifs is 1. The van der Waals surface area contributed by atoms with Gasteiger partial charge in [0, 0.05) is 23.0 Å². The number of hydrogen-bond acceptors (Lipinski definition) is 5. The number of aromatic nitrogens is 2. The van der Waals surface area contributed by atoms with Crippen molar-refractivity contribution in [1.82, 2.24) is 14.5 Å². The van der Waals surface area contributed by atoms with E-state index in [1.807, 2.05) is 17.5 Å². The zero-order chi connectivity index (χ0) is 20.4. The second-order valence-corrected chi connectivity index (χ2v) is 9.70. The van der Waals surface area contributed by atoms with E-state index in [1.54, 1.807) is 46.1 Å². The number of benzene rings is 1. The lowest BCUT2D eigenvalue weighted by Crippen LogP contribution is -2.29. The molecular weight excluding hydrogens is 426 g/mol. The minimum absolute atomic E-state index is 0.0156. The van der Waals surface area contributed by atoms with Crippen LogP contribution in [0.25, 0.3) is 10.9 Å². The van der Waals surface area contributed by atoms with E-state index in [0.717, 1.165) is 30.6 Å². The molecule has 0 unspecified atom stereocenters. The first kappa shape index (κ1) is 20.4. The number of halogens is 1. The number of carbonyl (C=O) groups excluding carboxylic acids is 1. The summed E-state index contributed by atoms with van der Waals surface area (Å²) in [6.45, 7) is 0.591. The van der Waals surface area contributed by atoms with Gasteiger partial charge in [-0.05, 0) is 42.5 Å². The summed E-state index contributed by atoms with van der Waals surface area (Å²) in [5.74, 6) is 0.259. The molecule has 29 heavy (non-hydrogen) atoms. The van der Waals surface area contributed by atoms with Crippen LogP contribution in [0.3, 0.4) is 0 Å². The molecule has 0 atom stereocenters. The van der Waals surface area contributed by atoms with Crippen LogP contribution < -0.4 is 5.56 Å². The molecule has 1 aliphatic rings. The molecule has 0 radical (unpaired) electrons. The van der Waals surface area contributed by atoms with Crippen molar-refractivity contribution in [2.45, 2.75) is 43.4 Å². The van der Waals surface area contributed by atoms with Crippen LogP contribution in [0.1, 0.15) is 36.6 Å². The molecular formula is C21H22ClN3O2S2. The van der Waals surface area contributed by atoms with Crippen molar-refractivity contribution in [2.24, 2.45) is 0 Å². The van der Waals surface area contributed by atoms with Gasteiger partial charge in [-0.3, -0.25) is 14.2 Å². The van der Waals surface area contributed by atoms with E-state index in [1.165, 1.54) is 11.8 Å². The molecule has 0 aliphatic heterocycles. The van der Waals surface area contributed by atoms with Crippen LogP contribution in [-0.2, 0) is 11.3 Å². The highest BCUT2D eigenvalue weighted by molar-refractivity contribution is 7.99. The number of thioether (sulfide) groups is 1. The second-order valence-electron chi connectivity index (χ2n) is 7.29. The third-order valence-corrected chi connectivity index (χ3v) is 7.28.